The van der Waals surface area contributed by atoms with Crippen LogP contribution in [0.15, 0.2) is 60.3 Å². The highest BCUT2D eigenvalue weighted by molar-refractivity contribution is 6.01. The summed E-state index contributed by atoms with van der Waals surface area (Å²) in [5.74, 6) is 0.247. The van der Waals surface area contributed by atoms with Crippen LogP contribution in [0, 0.1) is 0 Å². The van der Waals surface area contributed by atoms with E-state index in [1.165, 1.54) is 16.9 Å². The lowest BCUT2D eigenvalue weighted by Gasteiger charge is -2.42. The van der Waals surface area contributed by atoms with Gasteiger partial charge in [-0.3, -0.25) is 4.79 Å². The van der Waals surface area contributed by atoms with Gasteiger partial charge in [0.2, 0.25) is 0 Å². The third-order valence-corrected chi connectivity index (χ3v) is 6.52. The third-order valence-electron chi connectivity index (χ3n) is 6.52. The van der Waals surface area contributed by atoms with Crippen molar-refractivity contribution in [2.75, 3.05) is 23.9 Å². The Morgan fingerprint density at radius 1 is 0.815 bits per heavy atom. The zero-order valence-corrected chi connectivity index (χ0v) is 17.1. The van der Waals surface area contributed by atoms with Crippen LogP contribution in [0.1, 0.15) is 38.8 Å². The van der Waals surface area contributed by atoms with Crippen molar-refractivity contribution in [3.05, 3.63) is 71.4 Å². The highest BCUT2D eigenvalue weighted by Gasteiger charge is 2.45. The zero-order valence-electron chi connectivity index (χ0n) is 17.1. The topological polar surface area (TPSA) is 23.6 Å². The third kappa shape index (κ3) is 2.37. The highest BCUT2D eigenvalue weighted by atomic mass is 16.1. The molecule has 2 aromatic rings. The summed E-state index contributed by atoms with van der Waals surface area (Å²) in [5.41, 5.74) is 5.33. The van der Waals surface area contributed by atoms with E-state index in [0.29, 0.717) is 0 Å². The molecule has 2 aromatic carbocycles. The molecule has 0 radical (unpaired) electrons. The highest BCUT2D eigenvalue weighted by Crippen LogP contribution is 2.48. The Morgan fingerprint density at radius 3 is 1.93 bits per heavy atom. The fourth-order valence-corrected chi connectivity index (χ4v) is 4.78. The van der Waals surface area contributed by atoms with Crippen LogP contribution in [0.5, 0.6) is 0 Å². The Balaban J connectivity index is 1.84. The van der Waals surface area contributed by atoms with Gasteiger partial charge in [-0.05, 0) is 43.2 Å². The monoisotopic (exact) mass is 360 g/mol. The Kier molecular flexibility index (Phi) is 3.78. The zero-order chi connectivity index (χ0) is 19.6. The number of hydrogen-bond donors (Lipinski definition) is 0. The molecule has 2 aliphatic heterocycles. The van der Waals surface area contributed by atoms with Crippen molar-refractivity contribution >= 4 is 17.2 Å². The van der Waals surface area contributed by atoms with Gasteiger partial charge in [-0.15, -0.1) is 0 Å². The summed E-state index contributed by atoms with van der Waals surface area (Å²) >= 11 is 0. The van der Waals surface area contributed by atoms with Crippen molar-refractivity contribution in [3.63, 3.8) is 0 Å². The Bertz CT molecular complexity index is 954. The Hall–Kier alpha value is -2.55. The molecule has 0 amide bonds. The van der Waals surface area contributed by atoms with Gasteiger partial charge in [-0.1, -0.05) is 50.2 Å². The number of Topliss-reactive ketones (excluding diaryl/α,β-unsaturated/α-hetero) is 1. The van der Waals surface area contributed by atoms with E-state index in [0.717, 1.165) is 11.3 Å². The predicted octanol–water partition coefficient (Wildman–Crippen LogP) is 4.66. The molecule has 0 aromatic heterocycles. The summed E-state index contributed by atoms with van der Waals surface area (Å²) in [4.78, 5) is 17.9. The molecule has 1 atom stereocenters. The first-order chi connectivity index (χ1) is 12.7. The lowest BCUT2D eigenvalue weighted by molar-refractivity contribution is -0.124. The number of fused-ring (bicyclic) bond motifs is 2. The molecular formula is C24H28N2O. The molecule has 3 nitrogen and oxygen atoms in total. The minimum Gasteiger partial charge on any atom is -0.361 e. The summed E-state index contributed by atoms with van der Waals surface area (Å²) in [7, 11) is 4.13. The molecule has 2 aliphatic rings. The predicted molar refractivity (Wildman–Crippen MR) is 113 cm³/mol. The minimum atomic E-state index is -0.501. The first-order valence-corrected chi connectivity index (χ1v) is 9.59. The van der Waals surface area contributed by atoms with Gasteiger partial charge in [0, 0.05) is 36.6 Å². The molecule has 0 saturated heterocycles. The van der Waals surface area contributed by atoms with Crippen LogP contribution < -0.4 is 9.80 Å². The van der Waals surface area contributed by atoms with Crippen LogP contribution in [0.3, 0.4) is 0 Å². The number of ketones is 1. The van der Waals surface area contributed by atoms with Crippen molar-refractivity contribution in [2.24, 2.45) is 0 Å². The second-order valence-electron chi connectivity index (χ2n) is 8.82. The standard InChI is InChI=1S/C24H28N2O/c1-23(2)16-11-7-10-14-19(16)26(6)21(23)15-20-22(27)24(3,4)17-12-8-9-13-18(17)25(20)5/h7-15,20H,1-6H3/b21-15-/t20-/m0/s1. The van der Waals surface area contributed by atoms with Gasteiger partial charge in [0.15, 0.2) is 5.78 Å². The molecule has 140 valence electrons. The maximum Gasteiger partial charge on any atom is 0.169 e. The van der Waals surface area contributed by atoms with E-state index < -0.39 is 5.41 Å². The lowest BCUT2D eigenvalue weighted by Crippen LogP contribution is -2.51. The average molecular weight is 361 g/mol. The molecule has 3 heteroatoms. The number of allylic oxidation sites excluding steroid dienone is 1. The lowest BCUT2D eigenvalue weighted by atomic mass is 9.72. The minimum absolute atomic E-state index is 0.131. The van der Waals surface area contributed by atoms with Crippen LogP contribution in [0.25, 0.3) is 0 Å². The first-order valence-electron chi connectivity index (χ1n) is 9.59. The van der Waals surface area contributed by atoms with E-state index in [1.54, 1.807) is 0 Å². The van der Waals surface area contributed by atoms with E-state index in [2.05, 4.69) is 73.2 Å². The molecule has 0 bridgehead atoms. The average Bonchev–Trinajstić information content (AvgIpc) is 2.84. The summed E-state index contributed by atoms with van der Waals surface area (Å²) in [5, 5.41) is 0. The molecule has 2 heterocycles. The van der Waals surface area contributed by atoms with E-state index >= 15 is 0 Å². The van der Waals surface area contributed by atoms with E-state index in [9.17, 15) is 4.79 Å². The van der Waals surface area contributed by atoms with Crippen LogP contribution in [0.2, 0.25) is 0 Å². The number of benzene rings is 2. The summed E-state index contributed by atoms with van der Waals surface area (Å²) < 4.78 is 0. The quantitative estimate of drug-likeness (QED) is 0.739. The maximum absolute atomic E-state index is 13.5. The maximum atomic E-state index is 13.5. The molecule has 0 fully saturated rings. The van der Waals surface area contributed by atoms with Gasteiger partial charge in [-0.2, -0.15) is 0 Å². The second kappa shape index (κ2) is 5.72. The van der Waals surface area contributed by atoms with Crippen molar-refractivity contribution in [2.45, 2.75) is 44.6 Å². The van der Waals surface area contributed by atoms with Crippen molar-refractivity contribution in [3.8, 4) is 0 Å². The van der Waals surface area contributed by atoms with Crippen LogP contribution in [-0.2, 0) is 15.6 Å². The number of likely N-dealkylation sites (N-methyl/N-ethyl adjacent to an activating group) is 2. The first kappa shape index (κ1) is 17.8. The molecular weight excluding hydrogens is 332 g/mol. The largest absolute Gasteiger partial charge is 0.361 e. The van der Waals surface area contributed by atoms with Gasteiger partial charge in [0.25, 0.3) is 0 Å². The van der Waals surface area contributed by atoms with Gasteiger partial charge in [0.1, 0.15) is 6.04 Å². The number of hydrogen-bond acceptors (Lipinski definition) is 3. The summed E-state index contributed by atoms with van der Waals surface area (Å²) in [6.07, 6.45) is 2.18. The summed E-state index contributed by atoms with van der Waals surface area (Å²) in [6, 6.07) is 16.5. The van der Waals surface area contributed by atoms with Crippen molar-refractivity contribution < 1.29 is 4.79 Å². The normalized spacial score (nSPS) is 24.1. The number of carbonyl (C=O) groups is 1. The van der Waals surface area contributed by atoms with Gasteiger partial charge < -0.3 is 9.80 Å². The molecule has 27 heavy (non-hydrogen) atoms. The molecule has 0 spiro atoms. The van der Waals surface area contributed by atoms with E-state index in [-0.39, 0.29) is 17.2 Å². The van der Waals surface area contributed by atoms with E-state index in [4.69, 9.17) is 0 Å². The van der Waals surface area contributed by atoms with Crippen molar-refractivity contribution in [1.82, 2.24) is 0 Å². The second-order valence-corrected chi connectivity index (χ2v) is 8.82. The fraction of sp³-hybridized carbons (Fsp3) is 0.375. The number of para-hydroxylation sites is 2. The molecule has 4 rings (SSSR count). The van der Waals surface area contributed by atoms with Crippen molar-refractivity contribution in [1.29, 1.82) is 0 Å². The van der Waals surface area contributed by atoms with Crippen LogP contribution in [0.4, 0.5) is 11.4 Å². The van der Waals surface area contributed by atoms with Gasteiger partial charge >= 0.3 is 0 Å². The molecule has 0 N–H and O–H groups in total. The smallest absolute Gasteiger partial charge is 0.169 e. The van der Waals surface area contributed by atoms with Crippen LogP contribution in [-0.4, -0.2) is 25.9 Å². The number of anilines is 2. The Morgan fingerprint density at radius 2 is 1.33 bits per heavy atom. The number of rotatable bonds is 1. The van der Waals surface area contributed by atoms with E-state index in [1.807, 2.05) is 33.0 Å². The van der Waals surface area contributed by atoms with Gasteiger partial charge in [-0.25, -0.2) is 0 Å². The number of carbonyl (C=O) groups excluding carboxylic acids is 1. The molecule has 0 saturated carbocycles. The molecule has 0 aliphatic carbocycles. The summed E-state index contributed by atoms with van der Waals surface area (Å²) in [6.45, 7) is 8.58. The number of nitrogens with zero attached hydrogens (tertiary/aromatic N) is 2. The fourth-order valence-electron chi connectivity index (χ4n) is 4.78. The molecule has 0 unspecified atom stereocenters. The SMILES string of the molecule is CN1/C(=C\[C@H]2C(=O)C(C)(C)c3ccccc3N2C)C(C)(C)c2ccccc21. The van der Waals surface area contributed by atoms with Crippen LogP contribution >= 0.6 is 0 Å². The Labute approximate surface area is 162 Å². The van der Waals surface area contributed by atoms with Gasteiger partial charge in [0.05, 0.1) is 5.41 Å².